The van der Waals surface area contributed by atoms with E-state index in [1.165, 1.54) is 18.3 Å². The number of methoxy groups -OCH3 is 1. The van der Waals surface area contributed by atoms with Crippen LogP contribution in [0.4, 0.5) is 4.39 Å². The van der Waals surface area contributed by atoms with Gasteiger partial charge in [0.05, 0.1) is 13.3 Å². The first-order valence-electron chi connectivity index (χ1n) is 10.8. The van der Waals surface area contributed by atoms with E-state index in [1.54, 1.807) is 31.0 Å². The largest absolute Gasteiger partial charge is 0.481 e. The first-order valence-corrected chi connectivity index (χ1v) is 10.8. The van der Waals surface area contributed by atoms with Crippen molar-refractivity contribution in [2.45, 2.75) is 13.5 Å². The van der Waals surface area contributed by atoms with Gasteiger partial charge in [0.15, 0.2) is 12.1 Å². The van der Waals surface area contributed by atoms with E-state index in [-0.39, 0.29) is 11.7 Å². The number of imidazole rings is 1. The molecule has 2 aromatic heterocycles. The van der Waals surface area contributed by atoms with Crippen LogP contribution in [0.5, 0.6) is 5.88 Å². The standard InChI is InChI=1S/C24H27FN6O2/c1-16-12-30(13-17-4-9-22(33-3)27-10-17)14-21(16)23(26-2)29-31-20(15-32)11-28-24(31)18-5-7-19(25)8-6-18/h4-11,15-16,21H,12-14H2,1-3H3,(H,26,29). The van der Waals surface area contributed by atoms with Gasteiger partial charge in [0.25, 0.3) is 0 Å². The van der Waals surface area contributed by atoms with Crippen LogP contribution in [0.2, 0.25) is 0 Å². The third-order valence-electron chi connectivity index (χ3n) is 5.93. The number of aliphatic imine (C=N–C) groups is 1. The summed E-state index contributed by atoms with van der Waals surface area (Å²) in [5.74, 6) is 2.04. The van der Waals surface area contributed by atoms with Gasteiger partial charge in [0.2, 0.25) is 5.88 Å². The first kappa shape index (κ1) is 22.6. The molecule has 1 fully saturated rings. The van der Waals surface area contributed by atoms with Crippen LogP contribution < -0.4 is 10.2 Å². The van der Waals surface area contributed by atoms with E-state index in [1.807, 2.05) is 18.3 Å². The molecule has 1 aliphatic rings. The van der Waals surface area contributed by atoms with Crippen molar-refractivity contribution < 1.29 is 13.9 Å². The van der Waals surface area contributed by atoms with Crippen molar-refractivity contribution >= 4 is 12.1 Å². The molecule has 0 radical (unpaired) electrons. The molecular weight excluding hydrogens is 423 g/mol. The highest BCUT2D eigenvalue weighted by Crippen LogP contribution is 2.27. The fourth-order valence-electron chi connectivity index (χ4n) is 4.22. The van der Waals surface area contributed by atoms with Gasteiger partial charge < -0.3 is 4.74 Å². The van der Waals surface area contributed by atoms with Crippen molar-refractivity contribution in [3.63, 3.8) is 0 Å². The Morgan fingerprint density at radius 1 is 1.21 bits per heavy atom. The lowest BCUT2D eigenvalue weighted by Crippen LogP contribution is -2.35. The number of aromatic nitrogens is 3. The molecule has 0 saturated carbocycles. The Hall–Kier alpha value is -3.59. The molecule has 4 rings (SSSR count). The Morgan fingerprint density at radius 2 is 2.00 bits per heavy atom. The monoisotopic (exact) mass is 450 g/mol. The fourth-order valence-corrected chi connectivity index (χ4v) is 4.22. The molecular formula is C24H27FN6O2. The highest BCUT2D eigenvalue weighted by atomic mass is 19.1. The molecule has 0 aliphatic carbocycles. The van der Waals surface area contributed by atoms with Crippen LogP contribution in [-0.2, 0) is 6.54 Å². The number of carbonyl (C=O) groups is 1. The second kappa shape index (κ2) is 9.91. The quantitative estimate of drug-likeness (QED) is 0.338. The summed E-state index contributed by atoms with van der Waals surface area (Å²) in [7, 11) is 3.34. The number of nitrogens with zero attached hydrogens (tertiary/aromatic N) is 5. The number of halogens is 1. The number of likely N-dealkylation sites (tertiary alicyclic amines) is 1. The van der Waals surface area contributed by atoms with Gasteiger partial charge >= 0.3 is 0 Å². The number of rotatable bonds is 7. The summed E-state index contributed by atoms with van der Waals surface area (Å²) in [6, 6.07) is 9.90. The van der Waals surface area contributed by atoms with Gasteiger partial charge in [0.1, 0.15) is 17.3 Å². The number of pyridine rings is 1. The van der Waals surface area contributed by atoms with Gasteiger partial charge in [-0.2, -0.15) is 0 Å². The Labute approximate surface area is 192 Å². The molecule has 1 aliphatic heterocycles. The number of nitrogens with one attached hydrogen (secondary N) is 1. The van der Waals surface area contributed by atoms with Crippen LogP contribution in [0.3, 0.4) is 0 Å². The molecule has 0 spiro atoms. The number of hydrogen-bond acceptors (Lipinski definition) is 6. The van der Waals surface area contributed by atoms with Crippen LogP contribution in [0.1, 0.15) is 23.0 Å². The lowest BCUT2D eigenvalue weighted by atomic mass is 9.97. The number of amidine groups is 1. The predicted octanol–water partition coefficient (Wildman–Crippen LogP) is 3.25. The van der Waals surface area contributed by atoms with Crippen LogP contribution >= 0.6 is 0 Å². The van der Waals surface area contributed by atoms with Crippen molar-refractivity contribution in [1.82, 2.24) is 19.5 Å². The second-order valence-electron chi connectivity index (χ2n) is 8.17. The minimum atomic E-state index is -0.330. The Kier molecular flexibility index (Phi) is 6.79. The lowest BCUT2D eigenvalue weighted by Gasteiger charge is -2.21. The predicted molar refractivity (Wildman–Crippen MR) is 124 cm³/mol. The maximum atomic E-state index is 13.4. The fraction of sp³-hybridized carbons (Fsp3) is 0.333. The molecule has 3 aromatic rings. The summed E-state index contributed by atoms with van der Waals surface area (Å²) in [4.78, 5) is 27.2. The number of hydrogen-bond donors (Lipinski definition) is 1. The topological polar surface area (TPSA) is 84.6 Å². The van der Waals surface area contributed by atoms with Gasteiger partial charge in [0, 0.05) is 50.4 Å². The molecule has 8 nitrogen and oxygen atoms in total. The molecule has 33 heavy (non-hydrogen) atoms. The molecule has 1 aromatic carbocycles. The second-order valence-corrected chi connectivity index (χ2v) is 8.17. The number of carbonyl (C=O) groups excluding carboxylic acids is 1. The van der Waals surface area contributed by atoms with Gasteiger partial charge in [-0.25, -0.2) is 19.0 Å². The van der Waals surface area contributed by atoms with Gasteiger partial charge in [-0.05, 0) is 35.7 Å². The van der Waals surface area contributed by atoms with E-state index in [4.69, 9.17) is 4.74 Å². The van der Waals surface area contributed by atoms with Crippen LogP contribution in [0.15, 0.2) is 53.8 Å². The van der Waals surface area contributed by atoms with Crippen molar-refractivity contribution in [1.29, 1.82) is 0 Å². The summed E-state index contributed by atoms with van der Waals surface area (Å²) in [5.41, 5.74) is 5.48. The van der Waals surface area contributed by atoms with E-state index >= 15 is 0 Å². The summed E-state index contributed by atoms with van der Waals surface area (Å²) in [6.07, 6.45) is 4.06. The third kappa shape index (κ3) is 4.93. The maximum absolute atomic E-state index is 13.4. The number of ether oxygens (including phenoxy) is 1. The zero-order chi connectivity index (χ0) is 23.4. The van der Waals surface area contributed by atoms with Crippen molar-refractivity contribution in [2.24, 2.45) is 16.8 Å². The summed E-state index contributed by atoms with van der Waals surface area (Å²) < 4.78 is 20.1. The Morgan fingerprint density at radius 3 is 2.64 bits per heavy atom. The van der Waals surface area contributed by atoms with E-state index in [0.717, 1.165) is 37.3 Å². The van der Waals surface area contributed by atoms with E-state index < -0.39 is 0 Å². The lowest BCUT2D eigenvalue weighted by molar-refractivity contribution is 0.111. The van der Waals surface area contributed by atoms with E-state index in [9.17, 15) is 9.18 Å². The van der Waals surface area contributed by atoms with Gasteiger partial charge in [-0.3, -0.25) is 20.1 Å². The zero-order valence-electron chi connectivity index (χ0n) is 18.9. The van der Waals surface area contributed by atoms with E-state index in [2.05, 4.69) is 32.2 Å². The molecule has 2 unspecified atom stereocenters. The molecule has 172 valence electrons. The van der Waals surface area contributed by atoms with Crippen LogP contribution in [0.25, 0.3) is 11.4 Å². The van der Waals surface area contributed by atoms with Crippen molar-refractivity contribution in [2.75, 3.05) is 32.7 Å². The maximum Gasteiger partial charge on any atom is 0.212 e. The molecule has 3 heterocycles. The normalized spacial score (nSPS) is 19.0. The highest BCUT2D eigenvalue weighted by molar-refractivity contribution is 5.93. The summed E-state index contributed by atoms with van der Waals surface area (Å²) in [5, 5.41) is 0. The number of aldehydes is 1. The molecule has 1 saturated heterocycles. The van der Waals surface area contributed by atoms with Gasteiger partial charge in [-0.15, -0.1) is 0 Å². The zero-order valence-corrected chi connectivity index (χ0v) is 18.9. The van der Waals surface area contributed by atoms with Crippen LogP contribution in [-0.4, -0.2) is 58.9 Å². The smallest absolute Gasteiger partial charge is 0.212 e. The average molecular weight is 451 g/mol. The average Bonchev–Trinajstić information content (AvgIpc) is 3.41. The molecule has 0 bridgehead atoms. The van der Waals surface area contributed by atoms with Crippen LogP contribution in [0, 0.1) is 17.7 Å². The first-order chi connectivity index (χ1) is 16.0. The summed E-state index contributed by atoms with van der Waals surface area (Å²) in [6.45, 7) is 4.69. The highest BCUT2D eigenvalue weighted by Gasteiger charge is 2.33. The SMILES string of the molecule is CN=C(Nn1c(C=O)cnc1-c1ccc(F)cc1)C1CN(Cc2ccc(OC)nc2)CC1C. The minimum Gasteiger partial charge on any atom is -0.481 e. The number of benzene rings is 1. The van der Waals surface area contributed by atoms with E-state index in [0.29, 0.717) is 28.9 Å². The Bertz CT molecular complexity index is 1130. The minimum absolute atomic E-state index is 0.143. The third-order valence-corrected chi connectivity index (χ3v) is 5.93. The summed E-state index contributed by atoms with van der Waals surface area (Å²) >= 11 is 0. The van der Waals surface area contributed by atoms with Crippen molar-refractivity contribution in [3.05, 3.63) is 65.9 Å². The molecule has 1 N–H and O–H groups in total. The van der Waals surface area contributed by atoms with Crippen molar-refractivity contribution in [3.8, 4) is 17.3 Å². The molecule has 2 atom stereocenters. The Balaban J connectivity index is 1.51. The molecule has 9 heteroatoms. The molecule has 0 amide bonds. The van der Waals surface area contributed by atoms with Gasteiger partial charge in [-0.1, -0.05) is 13.0 Å².